The van der Waals surface area contributed by atoms with E-state index in [9.17, 15) is 9.59 Å². The molecule has 6 heteroatoms. The minimum atomic E-state index is -0.233. The lowest BCUT2D eigenvalue weighted by molar-refractivity contribution is 0.0984. The van der Waals surface area contributed by atoms with Gasteiger partial charge in [0.2, 0.25) is 6.79 Å². The van der Waals surface area contributed by atoms with Crippen molar-refractivity contribution in [1.29, 1.82) is 0 Å². The van der Waals surface area contributed by atoms with Gasteiger partial charge < -0.3 is 14.8 Å². The first-order valence-corrected chi connectivity index (χ1v) is 8.21. The second kappa shape index (κ2) is 5.62. The van der Waals surface area contributed by atoms with Gasteiger partial charge in [-0.3, -0.25) is 9.59 Å². The molecule has 0 saturated heterocycles. The molecule has 2 aliphatic rings. The van der Waals surface area contributed by atoms with Gasteiger partial charge in [-0.25, -0.2) is 0 Å². The van der Waals surface area contributed by atoms with Crippen molar-refractivity contribution in [2.24, 2.45) is 0 Å². The lowest BCUT2D eigenvalue weighted by Gasteiger charge is -2.17. The van der Waals surface area contributed by atoms with Crippen molar-refractivity contribution in [2.45, 2.75) is 11.3 Å². The zero-order chi connectivity index (χ0) is 15.8. The van der Waals surface area contributed by atoms with E-state index in [2.05, 4.69) is 5.32 Å². The molecular formula is C17H13NO4S. The fraction of sp³-hybridized carbons (Fsp3) is 0.176. The zero-order valence-electron chi connectivity index (χ0n) is 12.1. The van der Waals surface area contributed by atoms with Crippen LogP contribution in [-0.2, 0) is 0 Å². The van der Waals surface area contributed by atoms with E-state index < -0.39 is 0 Å². The number of amides is 1. The van der Waals surface area contributed by atoms with Crippen LogP contribution in [0.3, 0.4) is 0 Å². The van der Waals surface area contributed by atoms with Crippen molar-refractivity contribution in [3.05, 3.63) is 47.5 Å². The fourth-order valence-electron chi connectivity index (χ4n) is 2.64. The molecule has 0 bridgehead atoms. The highest BCUT2D eigenvalue weighted by molar-refractivity contribution is 7.99. The molecule has 0 spiro atoms. The number of ether oxygens (including phenoxy) is 2. The highest BCUT2D eigenvalue weighted by atomic mass is 32.2. The van der Waals surface area contributed by atoms with E-state index in [0.717, 1.165) is 4.90 Å². The maximum Gasteiger partial charge on any atom is 0.256 e. The van der Waals surface area contributed by atoms with E-state index in [-0.39, 0.29) is 18.5 Å². The fourth-order valence-corrected chi connectivity index (χ4v) is 3.79. The molecule has 23 heavy (non-hydrogen) atoms. The summed E-state index contributed by atoms with van der Waals surface area (Å²) in [5.41, 5.74) is 1.79. The van der Waals surface area contributed by atoms with Crippen LogP contribution in [-0.4, -0.2) is 24.2 Å². The highest BCUT2D eigenvalue weighted by Gasteiger charge is 2.23. The first-order valence-electron chi connectivity index (χ1n) is 7.22. The Morgan fingerprint density at radius 1 is 1.13 bits per heavy atom. The largest absolute Gasteiger partial charge is 0.454 e. The van der Waals surface area contributed by atoms with Crippen molar-refractivity contribution in [1.82, 2.24) is 0 Å². The van der Waals surface area contributed by atoms with Gasteiger partial charge in [0.05, 0.1) is 5.56 Å². The molecule has 0 aliphatic carbocycles. The number of hydrogen-bond donors (Lipinski definition) is 1. The number of carbonyl (C=O) groups excluding carboxylic acids is 2. The van der Waals surface area contributed by atoms with Crippen LogP contribution in [0.5, 0.6) is 11.5 Å². The molecule has 116 valence electrons. The molecule has 0 radical (unpaired) electrons. The lowest BCUT2D eigenvalue weighted by Crippen LogP contribution is -2.17. The molecule has 1 amide bonds. The summed E-state index contributed by atoms with van der Waals surface area (Å²) in [5, 5.41) is 2.85. The summed E-state index contributed by atoms with van der Waals surface area (Å²) >= 11 is 1.55. The predicted molar refractivity (Wildman–Crippen MR) is 86.6 cm³/mol. The van der Waals surface area contributed by atoms with Gasteiger partial charge in [0.25, 0.3) is 5.91 Å². The quantitative estimate of drug-likeness (QED) is 0.916. The van der Waals surface area contributed by atoms with Gasteiger partial charge in [-0.2, -0.15) is 0 Å². The average molecular weight is 327 g/mol. The molecular weight excluding hydrogens is 314 g/mol. The molecule has 2 aromatic carbocycles. The van der Waals surface area contributed by atoms with Crippen LogP contribution in [0.1, 0.15) is 27.1 Å². The molecule has 2 heterocycles. The third kappa shape index (κ3) is 2.55. The van der Waals surface area contributed by atoms with Crippen LogP contribution < -0.4 is 14.8 Å². The third-order valence-corrected chi connectivity index (χ3v) is 4.90. The molecule has 4 rings (SSSR count). The summed E-state index contributed by atoms with van der Waals surface area (Å²) in [6.07, 6.45) is 0.519. The number of benzene rings is 2. The summed E-state index contributed by atoms with van der Waals surface area (Å²) in [6, 6.07) is 10.5. The van der Waals surface area contributed by atoms with Gasteiger partial charge in [0.15, 0.2) is 17.3 Å². The number of thioether (sulfide) groups is 1. The van der Waals surface area contributed by atoms with Crippen LogP contribution in [0.15, 0.2) is 41.3 Å². The first kappa shape index (κ1) is 14.1. The second-order valence-electron chi connectivity index (χ2n) is 5.23. The maximum absolute atomic E-state index is 12.6. The predicted octanol–water partition coefficient (Wildman–Crippen LogP) is 3.35. The zero-order valence-corrected chi connectivity index (χ0v) is 12.9. The van der Waals surface area contributed by atoms with E-state index in [1.54, 1.807) is 48.2 Å². The van der Waals surface area contributed by atoms with Crippen molar-refractivity contribution in [3.8, 4) is 11.5 Å². The smallest absolute Gasteiger partial charge is 0.256 e. The normalized spacial score (nSPS) is 15.2. The summed E-state index contributed by atoms with van der Waals surface area (Å²) in [7, 11) is 0. The second-order valence-corrected chi connectivity index (χ2v) is 6.33. The van der Waals surface area contributed by atoms with E-state index in [1.807, 2.05) is 0 Å². The van der Waals surface area contributed by atoms with Crippen molar-refractivity contribution in [3.63, 3.8) is 0 Å². The molecule has 0 aromatic heterocycles. The number of carbonyl (C=O) groups is 2. The number of fused-ring (bicyclic) bond motifs is 2. The molecule has 0 unspecified atom stereocenters. The highest BCUT2D eigenvalue weighted by Crippen LogP contribution is 2.36. The number of rotatable bonds is 2. The molecule has 2 aromatic rings. The van der Waals surface area contributed by atoms with Crippen LogP contribution in [0.4, 0.5) is 5.69 Å². The Balaban J connectivity index is 1.63. The third-order valence-electron chi connectivity index (χ3n) is 3.77. The number of nitrogens with one attached hydrogen (secondary N) is 1. The van der Waals surface area contributed by atoms with Crippen LogP contribution in [0, 0.1) is 0 Å². The number of anilines is 1. The monoisotopic (exact) mass is 327 g/mol. The topological polar surface area (TPSA) is 64.6 Å². The molecule has 5 nitrogen and oxygen atoms in total. The Morgan fingerprint density at radius 3 is 2.91 bits per heavy atom. The Morgan fingerprint density at radius 2 is 2.00 bits per heavy atom. The Labute approximate surface area is 137 Å². The number of Topliss-reactive ketones (excluding diaryl/α,β-unsaturated/α-hetero) is 1. The number of hydrogen-bond acceptors (Lipinski definition) is 5. The molecule has 0 saturated carbocycles. The molecule has 0 atom stereocenters. The lowest BCUT2D eigenvalue weighted by atomic mass is 10.0. The average Bonchev–Trinajstić information content (AvgIpc) is 3.02. The SMILES string of the molecule is O=C1CCSc2c1cccc2C(=O)Nc1ccc2c(c1)OCO2. The van der Waals surface area contributed by atoms with Gasteiger partial charge in [0.1, 0.15) is 0 Å². The van der Waals surface area contributed by atoms with Crippen molar-refractivity contribution in [2.75, 3.05) is 17.9 Å². The standard InChI is InChI=1S/C17H13NO4S/c19-13-6-7-23-16-11(13)2-1-3-12(16)17(20)18-10-4-5-14-15(8-10)22-9-21-14/h1-5,8H,6-7,9H2,(H,18,20). The Kier molecular flexibility index (Phi) is 3.46. The van der Waals surface area contributed by atoms with Gasteiger partial charge in [-0.1, -0.05) is 12.1 Å². The van der Waals surface area contributed by atoms with Crippen LogP contribution >= 0.6 is 11.8 Å². The van der Waals surface area contributed by atoms with Gasteiger partial charge in [-0.05, 0) is 18.2 Å². The summed E-state index contributed by atoms with van der Waals surface area (Å²) in [5.74, 6) is 1.85. The van der Waals surface area contributed by atoms with Crippen LogP contribution in [0.25, 0.3) is 0 Å². The maximum atomic E-state index is 12.6. The molecule has 2 aliphatic heterocycles. The molecule has 0 fully saturated rings. The Bertz CT molecular complexity index is 818. The van der Waals surface area contributed by atoms with Gasteiger partial charge >= 0.3 is 0 Å². The first-order chi connectivity index (χ1) is 11.2. The van der Waals surface area contributed by atoms with Gasteiger partial charge in [0, 0.05) is 34.4 Å². The summed E-state index contributed by atoms with van der Waals surface area (Å²) < 4.78 is 10.6. The van der Waals surface area contributed by atoms with Crippen molar-refractivity contribution >= 4 is 29.1 Å². The minimum Gasteiger partial charge on any atom is -0.454 e. The van der Waals surface area contributed by atoms with Crippen molar-refractivity contribution < 1.29 is 19.1 Å². The Hall–Kier alpha value is -2.47. The van der Waals surface area contributed by atoms with E-state index >= 15 is 0 Å². The van der Waals surface area contributed by atoms with E-state index in [1.165, 1.54) is 0 Å². The van der Waals surface area contributed by atoms with Crippen LogP contribution in [0.2, 0.25) is 0 Å². The molecule has 1 N–H and O–H groups in total. The van der Waals surface area contributed by atoms with E-state index in [4.69, 9.17) is 9.47 Å². The summed E-state index contributed by atoms with van der Waals surface area (Å²) in [4.78, 5) is 25.3. The van der Waals surface area contributed by atoms with Gasteiger partial charge in [-0.15, -0.1) is 11.8 Å². The number of ketones is 1. The summed E-state index contributed by atoms with van der Waals surface area (Å²) in [6.45, 7) is 0.192. The van der Waals surface area contributed by atoms with E-state index in [0.29, 0.717) is 40.5 Å². The minimum absolute atomic E-state index is 0.0940.